The first kappa shape index (κ1) is 21.8. The average molecular weight is 512 g/mol. The lowest BCUT2D eigenvalue weighted by atomic mass is 10.1. The van der Waals surface area contributed by atoms with Gasteiger partial charge in [-0.2, -0.15) is 9.78 Å². The summed E-state index contributed by atoms with van der Waals surface area (Å²) in [5, 5.41) is 30.2. The first-order chi connectivity index (χ1) is 15.8. The smallest absolute Gasteiger partial charge is 0.294 e. The Kier molecular flexibility index (Phi) is 5.91. The van der Waals surface area contributed by atoms with Crippen molar-refractivity contribution in [3.05, 3.63) is 74.4 Å². The van der Waals surface area contributed by atoms with Gasteiger partial charge in [0.05, 0.1) is 10.6 Å². The number of rotatable bonds is 6. The van der Waals surface area contributed by atoms with Crippen LogP contribution in [-0.2, 0) is 0 Å². The molecule has 0 aliphatic heterocycles. The van der Waals surface area contributed by atoms with Crippen LogP contribution in [0.5, 0.6) is 0 Å². The van der Waals surface area contributed by atoms with Gasteiger partial charge in [0.25, 0.3) is 11.6 Å². The van der Waals surface area contributed by atoms with Crippen molar-refractivity contribution in [2.24, 2.45) is 5.10 Å². The average Bonchev–Trinajstić information content (AvgIpc) is 3.43. The van der Waals surface area contributed by atoms with Gasteiger partial charge in [-0.15, -0.1) is 5.10 Å². The first-order valence-electron chi connectivity index (χ1n) is 9.24. The highest BCUT2D eigenvalue weighted by Crippen LogP contribution is 2.28. The minimum atomic E-state index is -0.666. The van der Waals surface area contributed by atoms with Crippen LogP contribution in [0.2, 0.25) is 0 Å². The Labute approximate surface area is 193 Å². The lowest BCUT2D eigenvalue weighted by Gasteiger charge is -2.06. The molecule has 0 aliphatic rings. The van der Waals surface area contributed by atoms with Crippen LogP contribution in [0.3, 0.4) is 0 Å². The van der Waals surface area contributed by atoms with E-state index >= 15 is 0 Å². The molecule has 0 aliphatic carbocycles. The third kappa shape index (κ3) is 4.45. The van der Waals surface area contributed by atoms with Crippen LogP contribution < -0.4 is 11.2 Å². The maximum Gasteiger partial charge on any atom is 0.294 e. The van der Waals surface area contributed by atoms with E-state index in [0.29, 0.717) is 11.3 Å². The molecular weight excluding hydrogens is 498 g/mol. The van der Waals surface area contributed by atoms with E-state index in [1.165, 1.54) is 24.3 Å². The number of carbonyl (C=O) groups is 1. The summed E-state index contributed by atoms with van der Waals surface area (Å²) in [5.41, 5.74) is 9.91. The molecule has 1 amide bonds. The lowest BCUT2D eigenvalue weighted by molar-refractivity contribution is -0.384. The van der Waals surface area contributed by atoms with E-state index in [4.69, 9.17) is 5.73 Å². The van der Waals surface area contributed by atoms with Crippen LogP contribution in [-0.4, -0.2) is 41.8 Å². The monoisotopic (exact) mass is 511 g/mol. The second-order valence-electron chi connectivity index (χ2n) is 6.62. The molecule has 14 heteroatoms. The number of carbonyl (C=O) groups excluding carboxylic acids is 1. The molecule has 0 atom stereocenters. The van der Waals surface area contributed by atoms with Gasteiger partial charge in [-0.25, -0.2) is 10.1 Å². The largest absolute Gasteiger partial charge is 0.378 e. The number of hydrogen-bond donors (Lipinski definition) is 2. The van der Waals surface area contributed by atoms with E-state index in [0.717, 1.165) is 14.7 Å². The number of benzene rings is 2. The summed E-state index contributed by atoms with van der Waals surface area (Å²) < 4.78 is 6.69. The number of amides is 1. The Morgan fingerprint density at radius 3 is 2.48 bits per heavy atom. The van der Waals surface area contributed by atoms with Crippen molar-refractivity contribution in [3.8, 4) is 17.1 Å². The number of non-ortho nitro benzene ring substituents is 1. The number of halogens is 1. The van der Waals surface area contributed by atoms with Gasteiger partial charge in [-0.05, 0) is 47.1 Å². The van der Waals surface area contributed by atoms with Gasteiger partial charge in [0.1, 0.15) is 5.69 Å². The standard InChI is InChI=1S/C19H14BrN9O4/c1-10(11-2-6-13(20)7-3-11)22-24-19(30)15-16(12-4-8-14(9-5-12)29(31)32)28(27-23-15)18-17(21)25-33-26-18/h2-9H,1H3,(H2,21,25)(H,24,30)/b22-10-. The summed E-state index contributed by atoms with van der Waals surface area (Å²) >= 11 is 3.36. The van der Waals surface area contributed by atoms with Crippen molar-refractivity contribution in [2.45, 2.75) is 6.92 Å². The maximum atomic E-state index is 12.9. The number of nitro benzene ring substituents is 1. The fourth-order valence-corrected chi connectivity index (χ4v) is 3.13. The van der Waals surface area contributed by atoms with Crippen LogP contribution in [0.15, 0.2) is 62.7 Å². The topological polar surface area (TPSA) is 180 Å². The number of nitrogens with two attached hydrogens (primary N) is 1. The number of hydrazone groups is 1. The van der Waals surface area contributed by atoms with Gasteiger partial charge in [0.15, 0.2) is 5.69 Å². The Morgan fingerprint density at radius 1 is 1.18 bits per heavy atom. The summed E-state index contributed by atoms with van der Waals surface area (Å²) in [6.07, 6.45) is 0. The van der Waals surface area contributed by atoms with Gasteiger partial charge in [-0.1, -0.05) is 33.3 Å². The van der Waals surface area contributed by atoms with Gasteiger partial charge in [0.2, 0.25) is 11.6 Å². The predicted molar refractivity (Wildman–Crippen MR) is 120 cm³/mol. The number of nitro groups is 1. The van der Waals surface area contributed by atoms with E-state index < -0.39 is 10.8 Å². The van der Waals surface area contributed by atoms with E-state index in [1.54, 1.807) is 6.92 Å². The minimum absolute atomic E-state index is 0.00412. The second kappa shape index (κ2) is 8.96. The molecule has 4 aromatic rings. The lowest BCUT2D eigenvalue weighted by Crippen LogP contribution is -2.21. The number of nitrogen functional groups attached to an aromatic ring is 1. The fraction of sp³-hybridized carbons (Fsp3) is 0.0526. The van der Waals surface area contributed by atoms with E-state index in [-0.39, 0.29) is 28.7 Å². The summed E-state index contributed by atoms with van der Waals surface area (Å²) in [6.45, 7) is 1.74. The first-order valence-corrected chi connectivity index (χ1v) is 10.0. The molecule has 2 aromatic heterocycles. The van der Waals surface area contributed by atoms with Gasteiger partial charge >= 0.3 is 0 Å². The van der Waals surface area contributed by atoms with Gasteiger partial charge < -0.3 is 5.73 Å². The Morgan fingerprint density at radius 2 is 1.88 bits per heavy atom. The zero-order valence-corrected chi connectivity index (χ0v) is 18.4. The van der Waals surface area contributed by atoms with Crippen LogP contribution in [0, 0.1) is 10.1 Å². The minimum Gasteiger partial charge on any atom is -0.378 e. The quantitative estimate of drug-likeness (QED) is 0.223. The predicted octanol–water partition coefficient (Wildman–Crippen LogP) is 2.72. The molecule has 0 saturated carbocycles. The molecule has 2 aromatic carbocycles. The van der Waals surface area contributed by atoms with Crippen LogP contribution >= 0.6 is 15.9 Å². The summed E-state index contributed by atoms with van der Waals surface area (Å²) in [6, 6.07) is 12.9. The third-order valence-corrected chi connectivity index (χ3v) is 5.05. The molecule has 13 nitrogen and oxygen atoms in total. The molecule has 166 valence electrons. The van der Waals surface area contributed by atoms with Crippen LogP contribution in [0.1, 0.15) is 23.0 Å². The maximum absolute atomic E-state index is 12.9. The molecule has 4 rings (SSSR count). The highest BCUT2D eigenvalue weighted by atomic mass is 79.9. The molecular formula is C19H14BrN9O4. The number of nitrogens with one attached hydrogen (secondary N) is 1. The Hall–Kier alpha value is -4.46. The highest BCUT2D eigenvalue weighted by molar-refractivity contribution is 9.10. The molecule has 0 saturated heterocycles. The molecule has 0 radical (unpaired) electrons. The van der Waals surface area contributed by atoms with Crippen LogP contribution in [0.4, 0.5) is 11.5 Å². The van der Waals surface area contributed by atoms with Gasteiger partial charge in [-0.3, -0.25) is 14.9 Å². The number of anilines is 1. The molecule has 0 fully saturated rings. The van der Waals surface area contributed by atoms with Crippen molar-refractivity contribution in [1.29, 1.82) is 0 Å². The summed E-state index contributed by atoms with van der Waals surface area (Å²) in [5.74, 6) is -0.746. The van der Waals surface area contributed by atoms with Crippen molar-refractivity contribution in [3.63, 3.8) is 0 Å². The van der Waals surface area contributed by atoms with E-state index in [9.17, 15) is 14.9 Å². The molecule has 33 heavy (non-hydrogen) atoms. The number of hydrogen-bond acceptors (Lipinski definition) is 10. The Balaban J connectivity index is 1.72. The van der Waals surface area contributed by atoms with E-state index in [1.807, 2.05) is 24.3 Å². The van der Waals surface area contributed by atoms with Crippen molar-refractivity contribution >= 4 is 39.1 Å². The SMILES string of the molecule is C/C(=N/NC(=O)c1nnn(-c2nonc2N)c1-c1ccc([N+](=O)[O-])cc1)c1ccc(Br)cc1. The van der Waals surface area contributed by atoms with Crippen molar-refractivity contribution in [1.82, 2.24) is 30.7 Å². The highest BCUT2D eigenvalue weighted by Gasteiger charge is 2.25. The van der Waals surface area contributed by atoms with Crippen LogP contribution in [0.25, 0.3) is 17.1 Å². The van der Waals surface area contributed by atoms with E-state index in [2.05, 4.69) is 51.7 Å². The molecule has 0 bridgehead atoms. The number of aromatic nitrogens is 5. The normalized spacial score (nSPS) is 11.4. The zero-order chi connectivity index (χ0) is 23.5. The van der Waals surface area contributed by atoms with Gasteiger partial charge in [0, 0.05) is 22.2 Å². The third-order valence-electron chi connectivity index (χ3n) is 4.52. The zero-order valence-electron chi connectivity index (χ0n) is 16.8. The Bertz CT molecular complexity index is 1360. The number of nitrogens with zero attached hydrogens (tertiary/aromatic N) is 7. The molecule has 0 spiro atoms. The molecule has 3 N–H and O–H groups in total. The van der Waals surface area contributed by atoms with Crippen molar-refractivity contribution in [2.75, 3.05) is 5.73 Å². The molecule has 0 unspecified atom stereocenters. The fourth-order valence-electron chi connectivity index (χ4n) is 2.86. The molecule has 2 heterocycles. The summed E-state index contributed by atoms with van der Waals surface area (Å²) in [7, 11) is 0. The van der Waals surface area contributed by atoms with Crippen molar-refractivity contribution < 1.29 is 14.3 Å². The second-order valence-corrected chi connectivity index (χ2v) is 7.54. The summed E-state index contributed by atoms with van der Waals surface area (Å²) in [4.78, 5) is 23.4.